The van der Waals surface area contributed by atoms with E-state index in [9.17, 15) is 4.79 Å². The Morgan fingerprint density at radius 3 is 2.62 bits per heavy atom. The number of carbonyl (C=O) groups excluding carboxylic acids is 1. The number of nitrogens with two attached hydrogens (primary N) is 1. The molecule has 3 nitrogen and oxygen atoms in total. The molecule has 1 atom stereocenters. The van der Waals surface area contributed by atoms with E-state index < -0.39 is 0 Å². The quantitative estimate of drug-likeness (QED) is 0.824. The Balaban J connectivity index is 2.43. The second-order valence-electron chi connectivity index (χ2n) is 3.52. The summed E-state index contributed by atoms with van der Waals surface area (Å²) in [5.74, 6) is -0.127. The highest BCUT2D eigenvalue weighted by Crippen LogP contribution is 2.12. The predicted octanol–water partition coefficient (Wildman–Crippen LogP) is 1.95. The van der Waals surface area contributed by atoms with Gasteiger partial charge in [-0.05, 0) is 5.56 Å². The Hall–Kier alpha value is -1.32. The van der Waals surface area contributed by atoms with Gasteiger partial charge in [0.25, 0.3) is 0 Å². The highest BCUT2D eigenvalue weighted by molar-refractivity contribution is 6.29. The lowest BCUT2D eigenvalue weighted by Gasteiger charge is -2.11. The van der Waals surface area contributed by atoms with Gasteiger partial charge in [0, 0.05) is 17.5 Å². The zero-order chi connectivity index (χ0) is 12.0. The number of carbonyl (C=O) groups is 1. The standard InChI is InChI=1S/C12H15ClN2O/c1-9(13)8-15-12(16)7-11(14)10-5-3-2-4-6-10/h2-6,11H,1,7-8,14H2,(H,15,16). The van der Waals surface area contributed by atoms with Crippen LogP contribution >= 0.6 is 11.6 Å². The van der Waals surface area contributed by atoms with Gasteiger partial charge >= 0.3 is 0 Å². The molecule has 0 spiro atoms. The fourth-order valence-corrected chi connectivity index (χ4v) is 1.35. The number of hydrogen-bond donors (Lipinski definition) is 2. The van der Waals surface area contributed by atoms with Gasteiger partial charge in [0.2, 0.25) is 5.91 Å². The molecule has 3 N–H and O–H groups in total. The van der Waals surface area contributed by atoms with Crippen LogP contribution in [0.4, 0.5) is 0 Å². The molecule has 0 heterocycles. The molecule has 1 aromatic carbocycles. The van der Waals surface area contributed by atoms with Crippen LogP contribution in [0.5, 0.6) is 0 Å². The normalized spacial score (nSPS) is 11.9. The van der Waals surface area contributed by atoms with Crippen LogP contribution in [-0.2, 0) is 4.79 Å². The van der Waals surface area contributed by atoms with E-state index in [4.69, 9.17) is 17.3 Å². The minimum atomic E-state index is -0.287. The molecule has 0 aromatic heterocycles. The first-order chi connectivity index (χ1) is 7.59. The average Bonchev–Trinajstić information content (AvgIpc) is 2.27. The van der Waals surface area contributed by atoms with Crippen molar-refractivity contribution in [1.29, 1.82) is 0 Å². The van der Waals surface area contributed by atoms with Gasteiger partial charge in [0.05, 0.1) is 6.54 Å². The average molecular weight is 239 g/mol. The number of amides is 1. The summed E-state index contributed by atoms with van der Waals surface area (Å²) in [4.78, 5) is 11.4. The van der Waals surface area contributed by atoms with E-state index in [1.807, 2.05) is 30.3 Å². The number of benzene rings is 1. The van der Waals surface area contributed by atoms with Crippen LogP contribution in [0.1, 0.15) is 18.0 Å². The Bertz CT molecular complexity index is 365. The number of nitrogens with one attached hydrogen (secondary N) is 1. The van der Waals surface area contributed by atoms with Gasteiger partial charge in [-0.2, -0.15) is 0 Å². The summed E-state index contributed by atoms with van der Waals surface area (Å²) in [6.07, 6.45) is 0.244. The lowest BCUT2D eigenvalue weighted by Crippen LogP contribution is -2.28. The summed E-state index contributed by atoms with van der Waals surface area (Å²) in [6.45, 7) is 3.76. The summed E-state index contributed by atoms with van der Waals surface area (Å²) >= 11 is 5.53. The lowest BCUT2D eigenvalue weighted by molar-refractivity contribution is -0.121. The van der Waals surface area contributed by atoms with Crippen molar-refractivity contribution in [2.75, 3.05) is 6.54 Å². The van der Waals surface area contributed by atoms with Crippen molar-refractivity contribution in [3.63, 3.8) is 0 Å². The molecule has 0 fully saturated rings. The summed E-state index contributed by atoms with van der Waals surface area (Å²) in [5, 5.41) is 3.04. The molecule has 1 unspecified atom stereocenters. The van der Waals surface area contributed by atoms with E-state index in [0.29, 0.717) is 5.03 Å². The zero-order valence-electron chi connectivity index (χ0n) is 8.95. The molecule has 1 aromatic rings. The third-order valence-electron chi connectivity index (χ3n) is 2.11. The molecule has 0 aliphatic carbocycles. The Morgan fingerprint density at radius 1 is 1.44 bits per heavy atom. The molecule has 0 bridgehead atoms. The zero-order valence-corrected chi connectivity index (χ0v) is 9.70. The van der Waals surface area contributed by atoms with Crippen LogP contribution in [-0.4, -0.2) is 12.5 Å². The fourth-order valence-electron chi connectivity index (χ4n) is 1.28. The highest BCUT2D eigenvalue weighted by Gasteiger charge is 2.10. The van der Waals surface area contributed by atoms with Crippen molar-refractivity contribution in [3.8, 4) is 0 Å². The molecule has 1 amide bonds. The second kappa shape index (κ2) is 6.30. The smallest absolute Gasteiger partial charge is 0.222 e. The molecule has 0 aliphatic heterocycles. The molecule has 4 heteroatoms. The fraction of sp³-hybridized carbons (Fsp3) is 0.250. The molecule has 16 heavy (non-hydrogen) atoms. The summed E-state index contributed by atoms with van der Waals surface area (Å²) in [5.41, 5.74) is 6.83. The highest BCUT2D eigenvalue weighted by atomic mass is 35.5. The van der Waals surface area contributed by atoms with Crippen molar-refractivity contribution in [2.24, 2.45) is 5.73 Å². The first kappa shape index (κ1) is 12.7. The maximum Gasteiger partial charge on any atom is 0.222 e. The van der Waals surface area contributed by atoms with Gasteiger partial charge in [-0.1, -0.05) is 48.5 Å². The summed E-state index contributed by atoms with van der Waals surface area (Å²) < 4.78 is 0. The van der Waals surface area contributed by atoms with E-state index in [1.165, 1.54) is 0 Å². The lowest BCUT2D eigenvalue weighted by atomic mass is 10.0. The van der Waals surface area contributed by atoms with Gasteiger partial charge in [0.1, 0.15) is 0 Å². The topological polar surface area (TPSA) is 55.1 Å². The van der Waals surface area contributed by atoms with Gasteiger partial charge in [-0.25, -0.2) is 0 Å². The maximum atomic E-state index is 11.4. The van der Waals surface area contributed by atoms with Crippen LogP contribution in [0.2, 0.25) is 0 Å². The molecule has 1 rings (SSSR count). The first-order valence-electron chi connectivity index (χ1n) is 5.00. The van der Waals surface area contributed by atoms with Crippen molar-refractivity contribution < 1.29 is 4.79 Å². The SMILES string of the molecule is C=C(Cl)CNC(=O)CC(N)c1ccccc1. The van der Waals surface area contributed by atoms with Gasteiger partial charge < -0.3 is 11.1 Å². The van der Waals surface area contributed by atoms with E-state index in [-0.39, 0.29) is 24.9 Å². The third kappa shape index (κ3) is 4.47. The minimum absolute atomic E-state index is 0.127. The van der Waals surface area contributed by atoms with E-state index >= 15 is 0 Å². The van der Waals surface area contributed by atoms with Crippen LogP contribution in [0, 0.1) is 0 Å². The maximum absolute atomic E-state index is 11.4. The number of rotatable bonds is 5. The van der Waals surface area contributed by atoms with Gasteiger partial charge in [-0.15, -0.1) is 0 Å². The van der Waals surface area contributed by atoms with Crippen LogP contribution in [0.15, 0.2) is 41.9 Å². The van der Waals surface area contributed by atoms with Crippen LogP contribution in [0.3, 0.4) is 0 Å². The third-order valence-corrected chi connectivity index (χ3v) is 2.24. The number of hydrogen-bond acceptors (Lipinski definition) is 2. The molecule has 0 saturated heterocycles. The molecule has 0 radical (unpaired) electrons. The summed E-state index contributed by atoms with van der Waals surface area (Å²) in [6, 6.07) is 9.22. The van der Waals surface area contributed by atoms with E-state index in [0.717, 1.165) is 5.56 Å². The van der Waals surface area contributed by atoms with Crippen molar-refractivity contribution in [3.05, 3.63) is 47.5 Å². The van der Waals surface area contributed by atoms with Crippen LogP contribution in [0.25, 0.3) is 0 Å². The van der Waals surface area contributed by atoms with E-state index in [1.54, 1.807) is 0 Å². The Labute approximate surface area is 100 Å². The monoisotopic (exact) mass is 238 g/mol. The molecule has 0 saturated carbocycles. The van der Waals surface area contributed by atoms with Crippen LogP contribution < -0.4 is 11.1 Å². The largest absolute Gasteiger partial charge is 0.351 e. The molecule has 0 aliphatic rings. The predicted molar refractivity (Wildman–Crippen MR) is 66.0 cm³/mol. The van der Waals surface area contributed by atoms with E-state index in [2.05, 4.69) is 11.9 Å². The van der Waals surface area contributed by atoms with Gasteiger partial charge in [-0.3, -0.25) is 4.79 Å². The second-order valence-corrected chi connectivity index (χ2v) is 4.05. The Kier molecular flexibility index (Phi) is 5.02. The molecule has 86 valence electrons. The first-order valence-corrected chi connectivity index (χ1v) is 5.38. The molecular formula is C12H15ClN2O. The van der Waals surface area contributed by atoms with Crippen molar-refractivity contribution in [1.82, 2.24) is 5.32 Å². The van der Waals surface area contributed by atoms with Crippen molar-refractivity contribution >= 4 is 17.5 Å². The summed E-state index contributed by atoms with van der Waals surface area (Å²) in [7, 11) is 0. The minimum Gasteiger partial charge on any atom is -0.351 e. The van der Waals surface area contributed by atoms with Gasteiger partial charge in [0.15, 0.2) is 0 Å². The van der Waals surface area contributed by atoms with Crippen molar-refractivity contribution in [2.45, 2.75) is 12.5 Å². The number of halogens is 1. The molecular weight excluding hydrogens is 224 g/mol. The Morgan fingerprint density at radius 2 is 2.06 bits per heavy atom.